The number of carbonyl (C=O) groups is 1. The van der Waals surface area contributed by atoms with E-state index < -0.39 is 6.10 Å². The Balaban J connectivity index is 1.88. The Morgan fingerprint density at radius 3 is 2.61 bits per heavy atom. The normalized spacial score (nSPS) is 23.3. The fourth-order valence-corrected chi connectivity index (χ4v) is 2.88. The predicted molar refractivity (Wildman–Crippen MR) is 91.3 cm³/mol. The van der Waals surface area contributed by atoms with Gasteiger partial charge in [0, 0.05) is 5.41 Å². The zero-order valence-corrected chi connectivity index (χ0v) is 14.9. The van der Waals surface area contributed by atoms with Gasteiger partial charge in [-0.25, -0.2) is 0 Å². The molecule has 5 nitrogen and oxygen atoms in total. The van der Waals surface area contributed by atoms with E-state index in [4.69, 9.17) is 4.74 Å². The molecule has 1 aromatic heterocycles. The van der Waals surface area contributed by atoms with Crippen LogP contribution in [-0.2, 0) is 14.9 Å². The Bertz CT molecular complexity index is 522. The van der Waals surface area contributed by atoms with E-state index >= 15 is 0 Å². The number of anilines is 1. The summed E-state index contributed by atoms with van der Waals surface area (Å²) in [7, 11) is 0. The van der Waals surface area contributed by atoms with Crippen LogP contribution in [0, 0.1) is 5.92 Å². The number of aromatic nitrogens is 2. The van der Waals surface area contributed by atoms with Crippen LogP contribution in [0.2, 0.25) is 0 Å². The molecule has 1 aliphatic carbocycles. The first-order chi connectivity index (χ1) is 10.8. The van der Waals surface area contributed by atoms with Crippen molar-refractivity contribution in [2.45, 2.75) is 77.9 Å². The number of nitrogens with one attached hydrogen (secondary N) is 1. The van der Waals surface area contributed by atoms with Gasteiger partial charge < -0.3 is 10.1 Å². The highest BCUT2D eigenvalue weighted by Gasteiger charge is 2.24. The molecule has 5 heteroatoms. The Kier molecular flexibility index (Phi) is 5.74. The third kappa shape index (κ3) is 5.27. The summed E-state index contributed by atoms with van der Waals surface area (Å²) in [6, 6.07) is 3.69. The molecule has 1 N–H and O–H groups in total. The minimum Gasteiger partial charge on any atom is -0.365 e. The molecule has 2 rings (SSSR count). The minimum absolute atomic E-state index is 0.0520. The van der Waals surface area contributed by atoms with Crippen molar-refractivity contribution in [1.29, 1.82) is 0 Å². The van der Waals surface area contributed by atoms with Crippen molar-refractivity contribution in [3.63, 3.8) is 0 Å². The summed E-state index contributed by atoms with van der Waals surface area (Å²) in [6.07, 6.45) is 4.23. The first-order valence-electron chi connectivity index (χ1n) is 8.56. The van der Waals surface area contributed by atoms with Crippen molar-refractivity contribution in [2.24, 2.45) is 5.92 Å². The lowest BCUT2D eigenvalue weighted by Gasteiger charge is -2.28. The molecule has 1 aliphatic rings. The van der Waals surface area contributed by atoms with Gasteiger partial charge >= 0.3 is 0 Å². The second-order valence-electron chi connectivity index (χ2n) is 7.72. The first kappa shape index (κ1) is 17.9. The summed E-state index contributed by atoms with van der Waals surface area (Å²) in [5.74, 6) is 0.983. The van der Waals surface area contributed by atoms with Crippen molar-refractivity contribution in [3.05, 3.63) is 17.8 Å². The molecule has 23 heavy (non-hydrogen) atoms. The average Bonchev–Trinajstić information content (AvgIpc) is 2.46. The van der Waals surface area contributed by atoms with Gasteiger partial charge in [0.1, 0.15) is 6.10 Å². The lowest BCUT2D eigenvalue weighted by molar-refractivity contribution is -0.131. The van der Waals surface area contributed by atoms with Crippen LogP contribution in [0.25, 0.3) is 0 Å². The van der Waals surface area contributed by atoms with Gasteiger partial charge in [0.05, 0.1) is 11.8 Å². The zero-order valence-electron chi connectivity index (χ0n) is 14.9. The average molecular weight is 319 g/mol. The molecule has 3 atom stereocenters. The van der Waals surface area contributed by atoms with Gasteiger partial charge in [-0.1, -0.05) is 40.5 Å². The maximum absolute atomic E-state index is 12.2. The Morgan fingerprint density at radius 1 is 1.30 bits per heavy atom. The van der Waals surface area contributed by atoms with E-state index in [2.05, 4.69) is 43.2 Å². The molecule has 0 radical (unpaired) electrons. The van der Waals surface area contributed by atoms with Crippen LogP contribution in [0.3, 0.4) is 0 Å². The second-order valence-corrected chi connectivity index (χ2v) is 7.72. The summed E-state index contributed by atoms with van der Waals surface area (Å²) in [5, 5.41) is 11.1. The molecule has 0 saturated heterocycles. The fraction of sp³-hybridized carbons (Fsp3) is 0.722. The van der Waals surface area contributed by atoms with Gasteiger partial charge in [0.2, 0.25) is 0 Å². The van der Waals surface area contributed by atoms with Crippen molar-refractivity contribution in [3.8, 4) is 0 Å². The van der Waals surface area contributed by atoms with E-state index in [1.807, 2.05) is 6.07 Å². The molecule has 0 aromatic carbocycles. The molecule has 1 heterocycles. The molecule has 0 bridgehead atoms. The van der Waals surface area contributed by atoms with Crippen LogP contribution in [0.15, 0.2) is 12.1 Å². The third-order valence-electron chi connectivity index (χ3n) is 4.34. The van der Waals surface area contributed by atoms with Crippen LogP contribution >= 0.6 is 0 Å². The molecular weight excluding hydrogens is 290 g/mol. The van der Waals surface area contributed by atoms with Gasteiger partial charge in [0.25, 0.3) is 5.91 Å². The van der Waals surface area contributed by atoms with Gasteiger partial charge in [-0.05, 0) is 37.8 Å². The van der Waals surface area contributed by atoms with Crippen molar-refractivity contribution >= 4 is 11.7 Å². The predicted octanol–water partition coefficient (Wildman–Crippen LogP) is 3.70. The lowest BCUT2D eigenvalue weighted by atomic mass is 9.88. The smallest absolute Gasteiger partial charge is 0.254 e. The minimum atomic E-state index is -0.477. The van der Waals surface area contributed by atoms with Gasteiger partial charge in [0.15, 0.2) is 5.82 Å². The monoisotopic (exact) mass is 319 g/mol. The SMILES string of the molecule is C[C@@H]1CCC[C@@H](O[C@@H](C)C(=O)Nc2ccc(C(C)(C)C)nn2)C1. The highest BCUT2D eigenvalue weighted by molar-refractivity contribution is 5.92. The van der Waals surface area contributed by atoms with Crippen LogP contribution in [-0.4, -0.2) is 28.3 Å². The van der Waals surface area contributed by atoms with E-state index in [0.29, 0.717) is 11.7 Å². The molecule has 1 amide bonds. The Morgan fingerprint density at radius 2 is 2.04 bits per heavy atom. The summed E-state index contributed by atoms with van der Waals surface area (Å²) in [5.41, 5.74) is 0.847. The quantitative estimate of drug-likeness (QED) is 0.919. The molecule has 128 valence electrons. The highest BCUT2D eigenvalue weighted by Crippen LogP contribution is 2.26. The van der Waals surface area contributed by atoms with Crippen molar-refractivity contribution < 1.29 is 9.53 Å². The van der Waals surface area contributed by atoms with Crippen molar-refractivity contribution in [1.82, 2.24) is 10.2 Å². The van der Waals surface area contributed by atoms with Crippen LogP contribution in [0.5, 0.6) is 0 Å². The summed E-state index contributed by atoms with van der Waals surface area (Å²) in [6.45, 7) is 10.3. The molecule has 1 saturated carbocycles. The molecular formula is C18H29N3O2. The van der Waals surface area contributed by atoms with E-state index in [1.54, 1.807) is 13.0 Å². The number of hydrogen-bond donors (Lipinski definition) is 1. The molecule has 1 aromatic rings. The number of nitrogens with zero attached hydrogens (tertiary/aromatic N) is 2. The number of carbonyl (C=O) groups excluding carboxylic acids is 1. The van der Waals surface area contributed by atoms with Crippen LogP contribution < -0.4 is 5.32 Å². The van der Waals surface area contributed by atoms with Crippen LogP contribution in [0.1, 0.15) is 66.0 Å². The molecule has 0 unspecified atom stereocenters. The number of amides is 1. The summed E-state index contributed by atoms with van der Waals surface area (Å²) in [4.78, 5) is 12.2. The maximum atomic E-state index is 12.2. The standard InChI is InChI=1S/C18H29N3O2/c1-12-7-6-8-14(11-12)23-13(2)17(22)19-16-10-9-15(20-21-16)18(3,4)5/h9-10,12-14H,6-8,11H2,1-5H3,(H,19,21,22)/t12-,13+,14-/m1/s1. The molecule has 1 fully saturated rings. The second kappa shape index (κ2) is 7.39. The maximum Gasteiger partial charge on any atom is 0.254 e. The van der Waals surface area contributed by atoms with E-state index in [1.165, 1.54) is 12.8 Å². The van der Waals surface area contributed by atoms with Crippen LogP contribution in [0.4, 0.5) is 5.82 Å². The van der Waals surface area contributed by atoms with Gasteiger partial charge in [-0.15, -0.1) is 5.10 Å². The lowest BCUT2D eigenvalue weighted by Crippen LogP contribution is -2.34. The molecule has 0 spiro atoms. The van der Waals surface area contributed by atoms with Gasteiger partial charge in [-0.3, -0.25) is 4.79 Å². The van der Waals surface area contributed by atoms with E-state index in [-0.39, 0.29) is 17.4 Å². The fourth-order valence-electron chi connectivity index (χ4n) is 2.88. The van der Waals surface area contributed by atoms with Gasteiger partial charge in [-0.2, -0.15) is 5.10 Å². The Labute approximate surface area is 139 Å². The van der Waals surface area contributed by atoms with E-state index in [0.717, 1.165) is 18.5 Å². The van der Waals surface area contributed by atoms with E-state index in [9.17, 15) is 4.79 Å². The summed E-state index contributed by atoms with van der Waals surface area (Å²) >= 11 is 0. The first-order valence-corrected chi connectivity index (χ1v) is 8.56. The topological polar surface area (TPSA) is 64.1 Å². The largest absolute Gasteiger partial charge is 0.365 e. The third-order valence-corrected chi connectivity index (χ3v) is 4.34. The number of hydrogen-bond acceptors (Lipinski definition) is 4. The van der Waals surface area contributed by atoms with Crippen molar-refractivity contribution in [2.75, 3.05) is 5.32 Å². The Hall–Kier alpha value is -1.49. The highest BCUT2D eigenvalue weighted by atomic mass is 16.5. The zero-order chi connectivity index (χ0) is 17.0. The molecule has 0 aliphatic heterocycles. The summed E-state index contributed by atoms with van der Waals surface area (Å²) < 4.78 is 5.91. The number of rotatable bonds is 4. The number of ether oxygens (including phenoxy) is 1.